The van der Waals surface area contributed by atoms with Crippen LogP contribution in [0, 0.1) is 0 Å². The molecule has 3 aromatic carbocycles. The molecule has 0 aliphatic heterocycles. The van der Waals surface area contributed by atoms with Crippen molar-refractivity contribution in [2.75, 3.05) is 7.11 Å². The second kappa shape index (κ2) is 9.38. The topological polar surface area (TPSA) is 105 Å². The third-order valence-corrected chi connectivity index (χ3v) is 4.26. The Morgan fingerprint density at radius 3 is 2.30 bits per heavy atom. The highest BCUT2D eigenvalue weighted by atomic mass is 16.5. The van der Waals surface area contributed by atoms with Gasteiger partial charge < -0.3 is 19.7 Å². The van der Waals surface area contributed by atoms with Crippen molar-refractivity contribution >= 4 is 23.8 Å². The predicted molar refractivity (Wildman–Crippen MR) is 111 cm³/mol. The summed E-state index contributed by atoms with van der Waals surface area (Å²) in [7, 11) is 1.53. The van der Waals surface area contributed by atoms with Crippen molar-refractivity contribution in [1.82, 2.24) is 0 Å². The van der Waals surface area contributed by atoms with E-state index in [9.17, 15) is 9.59 Å². The Labute approximate surface area is 172 Å². The molecule has 0 saturated carbocycles. The van der Waals surface area contributed by atoms with Gasteiger partial charge in [-0.2, -0.15) is 0 Å². The van der Waals surface area contributed by atoms with E-state index in [1.165, 1.54) is 31.4 Å². The number of aliphatic imine (C=N–C) groups is 1. The van der Waals surface area contributed by atoms with E-state index < -0.39 is 11.9 Å². The number of ether oxygens (including phenoxy) is 2. The van der Waals surface area contributed by atoms with Gasteiger partial charge in [-0.15, -0.1) is 0 Å². The van der Waals surface area contributed by atoms with E-state index in [1.807, 2.05) is 0 Å². The number of hydrogen-bond acceptors (Lipinski definition) is 5. The van der Waals surface area contributed by atoms with Gasteiger partial charge >= 0.3 is 11.9 Å². The van der Waals surface area contributed by atoms with Crippen LogP contribution in [-0.2, 0) is 6.61 Å². The average Bonchev–Trinajstić information content (AvgIpc) is 2.76. The van der Waals surface area contributed by atoms with Crippen LogP contribution in [0.15, 0.2) is 71.7 Å². The molecule has 0 aliphatic carbocycles. The van der Waals surface area contributed by atoms with Crippen LogP contribution in [0.4, 0.5) is 5.69 Å². The molecule has 0 heterocycles. The SMILES string of the molecule is COc1cccc(C=Nc2cccc(C(=O)O)c2)c1OCc1ccc(C(=O)O)cc1. The number of nitrogens with zero attached hydrogens (tertiary/aromatic N) is 1. The second-order valence-electron chi connectivity index (χ2n) is 6.28. The summed E-state index contributed by atoms with van der Waals surface area (Å²) < 4.78 is 11.3. The Morgan fingerprint density at radius 2 is 1.63 bits per heavy atom. The van der Waals surface area contributed by atoms with Crippen LogP contribution in [-0.4, -0.2) is 35.5 Å². The van der Waals surface area contributed by atoms with Gasteiger partial charge in [-0.05, 0) is 48.0 Å². The van der Waals surface area contributed by atoms with Crippen LogP contribution >= 0.6 is 0 Å². The lowest BCUT2D eigenvalue weighted by atomic mass is 10.1. The molecule has 0 bridgehead atoms. The summed E-state index contributed by atoms with van der Waals surface area (Å²) in [5.74, 6) is -1.02. The summed E-state index contributed by atoms with van der Waals surface area (Å²) in [6.45, 7) is 0.204. The number of carbonyl (C=O) groups is 2. The first-order valence-electron chi connectivity index (χ1n) is 8.97. The van der Waals surface area contributed by atoms with Crippen molar-refractivity contribution in [3.63, 3.8) is 0 Å². The molecule has 152 valence electrons. The number of carboxylic acids is 2. The van der Waals surface area contributed by atoms with E-state index in [2.05, 4.69) is 4.99 Å². The van der Waals surface area contributed by atoms with Crippen LogP contribution in [0.25, 0.3) is 0 Å². The zero-order valence-electron chi connectivity index (χ0n) is 16.1. The van der Waals surface area contributed by atoms with Crippen LogP contribution < -0.4 is 9.47 Å². The number of rotatable bonds is 8. The van der Waals surface area contributed by atoms with Crippen molar-refractivity contribution in [1.29, 1.82) is 0 Å². The van der Waals surface area contributed by atoms with Crippen molar-refractivity contribution < 1.29 is 29.3 Å². The molecule has 0 spiro atoms. The molecule has 7 heteroatoms. The van der Waals surface area contributed by atoms with Gasteiger partial charge in [0, 0.05) is 11.8 Å². The van der Waals surface area contributed by atoms with Gasteiger partial charge in [0.15, 0.2) is 11.5 Å². The molecular formula is C23H19NO6. The highest BCUT2D eigenvalue weighted by Crippen LogP contribution is 2.31. The number of carboxylic acid groups (broad SMARTS) is 2. The first-order chi connectivity index (χ1) is 14.5. The molecule has 2 N–H and O–H groups in total. The monoisotopic (exact) mass is 405 g/mol. The lowest BCUT2D eigenvalue weighted by molar-refractivity contribution is 0.0686. The summed E-state index contributed by atoms with van der Waals surface area (Å²) in [5.41, 5.74) is 2.29. The summed E-state index contributed by atoms with van der Waals surface area (Å²) in [4.78, 5) is 26.4. The third-order valence-electron chi connectivity index (χ3n) is 4.26. The minimum Gasteiger partial charge on any atom is -0.493 e. The molecule has 0 atom stereocenters. The van der Waals surface area contributed by atoms with E-state index >= 15 is 0 Å². The molecule has 30 heavy (non-hydrogen) atoms. The summed E-state index contributed by atoms with van der Waals surface area (Å²) in [6, 6.07) is 18.0. The Hall–Kier alpha value is -4.13. The van der Waals surface area contributed by atoms with E-state index in [-0.39, 0.29) is 17.7 Å². The van der Waals surface area contributed by atoms with Crippen molar-refractivity contribution in [3.8, 4) is 11.5 Å². The van der Waals surface area contributed by atoms with Crippen molar-refractivity contribution in [3.05, 3.63) is 89.0 Å². The molecular weight excluding hydrogens is 386 g/mol. The van der Waals surface area contributed by atoms with Gasteiger partial charge in [0.05, 0.1) is 23.9 Å². The fourth-order valence-corrected chi connectivity index (χ4v) is 2.71. The number of para-hydroxylation sites is 1. The predicted octanol–water partition coefficient (Wildman–Crippen LogP) is 4.42. The normalized spacial score (nSPS) is 10.7. The van der Waals surface area contributed by atoms with Crippen molar-refractivity contribution in [2.45, 2.75) is 6.61 Å². The van der Waals surface area contributed by atoms with E-state index in [1.54, 1.807) is 48.7 Å². The fourth-order valence-electron chi connectivity index (χ4n) is 2.71. The van der Waals surface area contributed by atoms with Crippen molar-refractivity contribution in [2.24, 2.45) is 4.99 Å². The maximum atomic E-state index is 11.1. The first-order valence-corrected chi connectivity index (χ1v) is 8.97. The smallest absolute Gasteiger partial charge is 0.335 e. The van der Waals surface area contributed by atoms with Gasteiger partial charge in [0.25, 0.3) is 0 Å². The molecule has 0 unspecified atom stereocenters. The Bertz CT molecular complexity index is 1090. The second-order valence-corrected chi connectivity index (χ2v) is 6.28. The number of methoxy groups -OCH3 is 1. The van der Waals surface area contributed by atoms with Crippen LogP contribution in [0.2, 0.25) is 0 Å². The highest BCUT2D eigenvalue weighted by molar-refractivity contribution is 5.90. The maximum Gasteiger partial charge on any atom is 0.335 e. The lowest BCUT2D eigenvalue weighted by Gasteiger charge is -2.13. The quantitative estimate of drug-likeness (QED) is 0.538. The van der Waals surface area contributed by atoms with Gasteiger partial charge in [-0.25, -0.2) is 9.59 Å². The molecule has 3 aromatic rings. The molecule has 0 saturated heterocycles. The minimum atomic E-state index is -1.02. The molecule has 0 radical (unpaired) electrons. The molecule has 7 nitrogen and oxygen atoms in total. The van der Waals surface area contributed by atoms with E-state index in [0.29, 0.717) is 22.7 Å². The average molecular weight is 405 g/mol. The molecule has 0 aromatic heterocycles. The lowest BCUT2D eigenvalue weighted by Crippen LogP contribution is -2.02. The zero-order chi connectivity index (χ0) is 21.5. The van der Waals surface area contributed by atoms with Gasteiger partial charge in [-0.3, -0.25) is 4.99 Å². The molecule has 0 amide bonds. The summed E-state index contributed by atoms with van der Waals surface area (Å²) in [6.07, 6.45) is 1.58. The van der Waals surface area contributed by atoms with Gasteiger partial charge in [0.2, 0.25) is 0 Å². The first kappa shape index (κ1) is 20.6. The van der Waals surface area contributed by atoms with Gasteiger partial charge in [-0.1, -0.05) is 24.3 Å². The largest absolute Gasteiger partial charge is 0.493 e. The molecule has 0 aliphatic rings. The summed E-state index contributed by atoms with van der Waals surface area (Å²) in [5, 5.41) is 18.1. The Kier molecular flexibility index (Phi) is 6.44. The number of hydrogen-bond donors (Lipinski definition) is 2. The Morgan fingerprint density at radius 1 is 0.933 bits per heavy atom. The van der Waals surface area contributed by atoms with Crippen LogP contribution in [0.1, 0.15) is 31.8 Å². The van der Waals surface area contributed by atoms with Gasteiger partial charge in [0.1, 0.15) is 6.61 Å². The third kappa shape index (κ3) is 5.02. The Balaban J connectivity index is 1.83. The fraction of sp³-hybridized carbons (Fsp3) is 0.0870. The highest BCUT2D eigenvalue weighted by Gasteiger charge is 2.11. The summed E-state index contributed by atoms with van der Waals surface area (Å²) >= 11 is 0. The van der Waals surface area contributed by atoms with Crippen LogP contribution in [0.5, 0.6) is 11.5 Å². The minimum absolute atomic E-state index is 0.150. The molecule has 3 rings (SSSR count). The number of benzene rings is 3. The standard InChI is InChI=1S/C23H19NO6/c1-29-20-7-3-5-18(13-24-19-6-2-4-17(12-19)23(27)28)21(20)30-14-15-8-10-16(11-9-15)22(25)26/h2-13H,14H2,1H3,(H,25,26)(H,27,28). The van der Waals surface area contributed by atoms with E-state index in [0.717, 1.165) is 5.56 Å². The maximum absolute atomic E-state index is 11.1. The molecule has 0 fully saturated rings. The van der Waals surface area contributed by atoms with E-state index in [4.69, 9.17) is 19.7 Å². The van der Waals surface area contributed by atoms with Crippen LogP contribution in [0.3, 0.4) is 0 Å². The number of aromatic carboxylic acids is 2. The zero-order valence-corrected chi connectivity index (χ0v) is 16.1.